The zero-order valence-corrected chi connectivity index (χ0v) is 13.4. The lowest BCUT2D eigenvalue weighted by molar-refractivity contribution is -0.147. The number of nitrogens with zero attached hydrogens (tertiary/aromatic N) is 2. The average molecular weight is 325 g/mol. The minimum Gasteiger partial charge on any atom is -0.463 e. The second-order valence-corrected chi connectivity index (χ2v) is 5.87. The van der Waals surface area contributed by atoms with Crippen molar-refractivity contribution in [1.29, 1.82) is 0 Å². The second kappa shape index (κ2) is 7.80. The minimum atomic E-state index is -0.342. The molecule has 0 radical (unpaired) electrons. The van der Waals surface area contributed by atoms with Crippen LogP contribution in [0.25, 0.3) is 0 Å². The van der Waals surface area contributed by atoms with Crippen LogP contribution >= 0.6 is 0 Å². The Bertz CT molecular complexity index is 594. The van der Waals surface area contributed by atoms with Gasteiger partial charge in [-0.3, -0.25) is 9.78 Å². The number of carbonyl (C=O) groups is 2. The van der Waals surface area contributed by atoms with E-state index >= 15 is 0 Å². The molecule has 1 aliphatic rings. The van der Waals surface area contributed by atoms with Crippen LogP contribution in [0.5, 0.6) is 0 Å². The van der Waals surface area contributed by atoms with Gasteiger partial charge in [-0.2, -0.15) is 5.10 Å². The van der Waals surface area contributed by atoms with Gasteiger partial charge < -0.3 is 15.0 Å². The van der Waals surface area contributed by atoms with Crippen molar-refractivity contribution >= 4 is 12.0 Å². The first-order chi connectivity index (χ1) is 11.0. The zero-order chi connectivity index (χ0) is 16.8. The fourth-order valence-corrected chi connectivity index (χ4v) is 2.57. The largest absolute Gasteiger partial charge is 0.463 e. The van der Waals surface area contributed by atoms with Gasteiger partial charge in [0.25, 0.3) is 0 Å². The SMILES string of the molecule is CC(C)OC(=O)CCNC(=O)N1CCCC(c2n[nH]c(=O)[nH]2)C1. The molecule has 2 rings (SSSR count). The van der Waals surface area contributed by atoms with Gasteiger partial charge in [0.15, 0.2) is 0 Å². The Balaban J connectivity index is 1.78. The van der Waals surface area contributed by atoms with Crippen LogP contribution in [0.4, 0.5) is 4.79 Å². The fraction of sp³-hybridized carbons (Fsp3) is 0.714. The van der Waals surface area contributed by atoms with E-state index in [-0.39, 0.29) is 42.7 Å². The van der Waals surface area contributed by atoms with Crippen molar-refractivity contribution in [3.63, 3.8) is 0 Å². The van der Waals surface area contributed by atoms with E-state index in [1.165, 1.54) is 0 Å². The lowest BCUT2D eigenvalue weighted by Gasteiger charge is -2.31. The number of ether oxygens (including phenoxy) is 1. The third-order valence-electron chi connectivity index (χ3n) is 3.59. The van der Waals surface area contributed by atoms with Crippen LogP contribution in [0.15, 0.2) is 4.79 Å². The standard InChI is InChI=1S/C14H23N5O4/c1-9(2)23-11(20)5-6-15-14(22)19-7-3-4-10(8-19)12-16-13(21)18-17-12/h9-10H,3-8H2,1-2H3,(H,15,22)(H2,16,17,18,21). The molecule has 0 spiro atoms. The number of urea groups is 1. The number of piperidine rings is 1. The number of rotatable bonds is 5. The highest BCUT2D eigenvalue weighted by Crippen LogP contribution is 2.23. The molecule has 2 heterocycles. The Morgan fingerprint density at radius 3 is 2.91 bits per heavy atom. The maximum atomic E-state index is 12.1. The van der Waals surface area contributed by atoms with E-state index in [1.807, 2.05) is 0 Å². The average Bonchev–Trinajstić information content (AvgIpc) is 2.93. The molecular weight excluding hydrogens is 302 g/mol. The summed E-state index contributed by atoms with van der Waals surface area (Å²) in [4.78, 5) is 39.0. The summed E-state index contributed by atoms with van der Waals surface area (Å²) in [6.45, 7) is 4.94. The lowest BCUT2D eigenvalue weighted by atomic mass is 9.98. The molecule has 1 fully saturated rings. The summed E-state index contributed by atoms with van der Waals surface area (Å²) in [6.07, 6.45) is 1.69. The molecule has 2 amide bonds. The maximum absolute atomic E-state index is 12.1. The molecule has 3 N–H and O–H groups in total. The molecule has 0 aliphatic carbocycles. The van der Waals surface area contributed by atoms with Gasteiger partial charge in [-0.15, -0.1) is 0 Å². The Hall–Kier alpha value is -2.32. The quantitative estimate of drug-likeness (QED) is 0.674. The Kier molecular flexibility index (Phi) is 5.78. The summed E-state index contributed by atoms with van der Waals surface area (Å²) < 4.78 is 5.01. The molecule has 0 aromatic carbocycles. The van der Waals surface area contributed by atoms with E-state index < -0.39 is 0 Å². The van der Waals surface area contributed by atoms with Crippen molar-refractivity contribution in [2.24, 2.45) is 0 Å². The fourth-order valence-electron chi connectivity index (χ4n) is 2.57. The van der Waals surface area contributed by atoms with Gasteiger partial charge in [-0.05, 0) is 26.7 Å². The molecule has 1 unspecified atom stereocenters. The Morgan fingerprint density at radius 1 is 1.48 bits per heavy atom. The summed E-state index contributed by atoms with van der Waals surface area (Å²) in [7, 11) is 0. The molecule has 23 heavy (non-hydrogen) atoms. The third-order valence-corrected chi connectivity index (χ3v) is 3.59. The number of amides is 2. The molecule has 1 saturated heterocycles. The first-order valence-corrected chi connectivity index (χ1v) is 7.82. The van der Waals surface area contributed by atoms with E-state index in [0.29, 0.717) is 18.9 Å². The van der Waals surface area contributed by atoms with Crippen LogP contribution in [0, 0.1) is 0 Å². The Labute approximate surface area is 133 Å². The topological polar surface area (TPSA) is 120 Å². The van der Waals surface area contributed by atoms with Crippen molar-refractivity contribution in [1.82, 2.24) is 25.4 Å². The molecule has 9 heteroatoms. The number of hydrogen-bond donors (Lipinski definition) is 3. The van der Waals surface area contributed by atoms with Gasteiger partial charge in [0.1, 0.15) is 5.82 Å². The summed E-state index contributed by atoms with van der Waals surface area (Å²) in [6, 6.07) is -0.218. The van der Waals surface area contributed by atoms with E-state index in [4.69, 9.17) is 4.74 Å². The van der Waals surface area contributed by atoms with Gasteiger partial charge >= 0.3 is 17.7 Å². The molecular formula is C14H23N5O4. The van der Waals surface area contributed by atoms with Crippen LogP contribution in [-0.2, 0) is 9.53 Å². The molecule has 0 saturated carbocycles. The molecule has 1 aliphatic heterocycles. The summed E-state index contributed by atoms with van der Waals surface area (Å²) >= 11 is 0. The number of likely N-dealkylation sites (tertiary alicyclic amines) is 1. The third kappa shape index (κ3) is 5.11. The van der Waals surface area contributed by atoms with Gasteiger partial charge in [0.05, 0.1) is 12.5 Å². The van der Waals surface area contributed by atoms with Crippen molar-refractivity contribution in [3.05, 3.63) is 16.3 Å². The van der Waals surface area contributed by atoms with Crippen molar-refractivity contribution in [2.75, 3.05) is 19.6 Å². The molecule has 1 atom stereocenters. The van der Waals surface area contributed by atoms with Crippen molar-refractivity contribution in [3.8, 4) is 0 Å². The van der Waals surface area contributed by atoms with Crippen LogP contribution in [0.1, 0.15) is 44.9 Å². The lowest BCUT2D eigenvalue weighted by Crippen LogP contribution is -2.45. The highest BCUT2D eigenvalue weighted by atomic mass is 16.5. The summed E-state index contributed by atoms with van der Waals surface area (Å²) in [5.41, 5.74) is -0.342. The van der Waals surface area contributed by atoms with Gasteiger partial charge in [-0.1, -0.05) is 0 Å². The van der Waals surface area contributed by atoms with Crippen LogP contribution in [0.2, 0.25) is 0 Å². The first kappa shape index (κ1) is 17.0. The molecule has 0 bridgehead atoms. The first-order valence-electron chi connectivity index (χ1n) is 7.82. The van der Waals surface area contributed by atoms with Gasteiger partial charge in [0, 0.05) is 25.6 Å². The number of carbonyl (C=O) groups excluding carboxylic acids is 2. The second-order valence-electron chi connectivity index (χ2n) is 5.87. The van der Waals surface area contributed by atoms with E-state index in [0.717, 1.165) is 12.8 Å². The van der Waals surface area contributed by atoms with E-state index in [2.05, 4.69) is 20.5 Å². The highest BCUT2D eigenvalue weighted by molar-refractivity contribution is 5.75. The number of aromatic nitrogens is 3. The summed E-state index contributed by atoms with van der Waals surface area (Å²) in [5.74, 6) is 0.262. The number of esters is 1. The summed E-state index contributed by atoms with van der Waals surface area (Å²) in [5, 5.41) is 8.99. The van der Waals surface area contributed by atoms with E-state index in [1.54, 1.807) is 18.7 Å². The van der Waals surface area contributed by atoms with Gasteiger partial charge in [0.2, 0.25) is 0 Å². The van der Waals surface area contributed by atoms with Crippen LogP contribution in [-0.4, -0.2) is 57.8 Å². The van der Waals surface area contributed by atoms with Crippen molar-refractivity contribution in [2.45, 2.75) is 45.1 Å². The minimum absolute atomic E-state index is 0.0133. The predicted octanol–water partition coefficient (Wildman–Crippen LogP) is 0.329. The molecule has 9 nitrogen and oxygen atoms in total. The molecule has 128 valence electrons. The number of nitrogens with one attached hydrogen (secondary N) is 3. The van der Waals surface area contributed by atoms with Crippen LogP contribution < -0.4 is 11.0 Å². The zero-order valence-electron chi connectivity index (χ0n) is 13.4. The number of H-pyrrole nitrogens is 2. The number of aromatic amines is 2. The highest BCUT2D eigenvalue weighted by Gasteiger charge is 2.26. The normalized spacial score (nSPS) is 18.0. The predicted molar refractivity (Wildman–Crippen MR) is 82.0 cm³/mol. The molecule has 1 aromatic rings. The Morgan fingerprint density at radius 2 is 2.26 bits per heavy atom. The van der Waals surface area contributed by atoms with Gasteiger partial charge in [-0.25, -0.2) is 14.7 Å². The smallest absolute Gasteiger partial charge is 0.340 e. The van der Waals surface area contributed by atoms with Crippen molar-refractivity contribution < 1.29 is 14.3 Å². The number of hydrogen-bond acceptors (Lipinski definition) is 5. The maximum Gasteiger partial charge on any atom is 0.340 e. The van der Waals surface area contributed by atoms with Crippen LogP contribution in [0.3, 0.4) is 0 Å². The monoisotopic (exact) mass is 325 g/mol. The van der Waals surface area contributed by atoms with E-state index in [9.17, 15) is 14.4 Å². The molecule has 1 aromatic heterocycles.